The van der Waals surface area contributed by atoms with E-state index in [1.165, 1.54) is 4.72 Å². The van der Waals surface area contributed by atoms with E-state index in [9.17, 15) is 13.2 Å². The lowest BCUT2D eigenvalue weighted by atomic mass is 10.3. The molecule has 0 saturated carbocycles. The van der Waals surface area contributed by atoms with Crippen LogP contribution in [-0.2, 0) is 10.3 Å². The third kappa shape index (κ3) is 3.87. The molecule has 0 aliphatic heterocycles. The van der Waals surface area contributed by atoms with Crippen molar-refractivity contribution in [3.8, 4) is 0 Å². The van der Waals surface area contributed by atoms with Crippen LogP contribution in [0.2, 0.25) is 0 Å². The Kier molecular flexibility index (Phi) is 3.05. The molecule has 0 heterocycles. The zero-order valence-corrected chi connectivity index (χ0v) is 7.78. The van der Waals surface area contributed by atoms with E-state index in [1.807, 2.05) is 0 Å². The van der Waals surface area contributed by atoms with Gasteiger partial charge in [0.05, 0.1) is 0 Å². The van der Waals surface area contributed by atoms with Gasteiger partial charge in [-0.25, -0.2) is 9.52 Å². The van der Waals surface area contributed by atoms with E-state index >= 15 is 0 Å². The molecule has 1 aromatic carbocycles. The molecule has 0 aliphatic rings. The Morgan fingerprint density at radius 2 is 1.79 bits per heavy atom. The molecule has 0 aromatic heterocycles. The fourth-order valence-corrected chi connectivity index (χ4v) is 1.08. The Morgan fingerprint density at radius 3 is 2.29 bits per heavy atom. The van der Waals surface area contributed by atoms with Crippen LogP contribution < -0.4 is 10.0 Å². The van der Waals surface area contributed by atoms with Gasteiger partial charge in [-0.1, -0.05) is 18.2 Å². The van der Waals surface area contributed by atoms with E-state index in [0.29, 0.717) is 5.69 Å². The average molecular weight is 216 g/mol. The highest BCUT2D eigenvalue weighted by molar-refractivity contribution is 7.84. The Hall–Kier alpha value is -1.60. The molecule has 0 radical (unpaired) electrons. The molecule has 6 nitrogen and oxygen atoms in total. The Bertz CT molecular complexity index is 415. The monoisotopic (exact) mass is 216 g/mol. The summed E-state index contributed by atoms with van der Waals surface area (Å²) >= 11 is 0. The molecule has 14 heavy (non-hydrogen) atoms. The molecule has 1 rings (SSSR count). The quantitative estimate of drug-likeness (QED) is 0.631. The number of amides is 2. The second-order valence-corrected chi connectivity index (χ2v) is 3.55. The summed E-state index contributed by atoms with van der Waals surface area (Å²) in [6, 6.07) is 7.21. The highest BCUT2D eigenvalue weighted by Gasteiger charge is 2.09. The van der Waals surface area contributed by atoms with Crippen LogP contribution in [0.5, 0.6) is 0 Å². The van der Waals surface area contributed by atoms with Crippen molar-refractivity contribution in [1.82, 2.24) is 4.72 Å². The highest BCUT2D eigenvalue weighted by Crippen LogP contribution is 2.04. The van der Waals surface area contributed by atoms with Gasteiger partial charge in [0, 0.05) is 5.69 Å². The summed E-state index contributed by atoms with van der Waals surface area (Å²) < 4.78 is 30.0. The first-order valence-corrected chi connectivity index (χ1v) is 5.02. The third-order valence-corrected chi connectivity index (χ3v) is 1.70. The van der Waals surface area contributed by atoms with Crippen LogP contribution in [0.3, 0.4) is 0 Å². The highest BCUT2D eigenvalue weighted by atomic mass is 32.2. The van der Waals surface area contributed by atoms with Crippen molar-refractivity contribution in [3.05, 3.63) is 30.3 Å². The van der Waals surface area contributed by atoms with Crippen LogP contribution in [0, 0.1) is 0 Å². The summed E-state index contributed by atoms with van der Waals surface area (Å²) in [5, 5.41) is 2.21. The average Bonchev–Trinajstić information content (AvgIpc) is 2.02. The van der Waals surface area contributed by atoms with E-state index < -0.39 is 16.3 Å². The van der Waals surface area contributed by atoms with Gasteiger partial charge in [0.1, 0.15) is 0 Å². The lowest BCUT2D eigenvalue weighted by Crippen LogP contribution is -2.33. The number of nitrogens with one attached hydrogen (secondary N) is 2. The van der Waals surface area contributed by atoms with E-state index in [4.69, 9.17) is 4.55 Å². The van der Waals surface area contributed by atoms with Gasteiger partial charge in [-0.3, -0.25) is 4.55 Å². The van der Waals surface area contributed by atoms with E-state index in [-0.39, 0.29) is 0 Å². The van der Waals surface area contributed by atoms with Gasteiger partial charge in [-0.15, -0.1) is 0 Å². The van der Waals surface area contributed by atoms with Crippen LogP contribution in [0.1, 0.15) is 0 Å². The summed E-state index contributed by atoms with van der Waals surface area (Å²) in [4.78, 5) is 10.9. The van der Waals surface area contributed by atoms with E-state index in [2.05, 4.69) is 5.32 Å². The number of hydrogen-bond donors (Lipinski definition) is 3. The number of rotatable bonds is 2. The van der Waals surface area contributed by atoms with Gasteiger partial charge in [-0.05, 0) is 12.1 Å². The second-order valence-electron chi connectivity index (χ2n) is 2.40. The Labute approximate surface area is 80.8 Å². The van der Waals surface area contributed by atoms with Crippen LogP contribution in [0.15, 0.2) is 30.3 Å². The Morgan fingerprint density at radius 1 is 1.21 bits per heavy atom. The summed E-state index contributed by atoms with van der Waals surface area (Å²) in [7, 11) is -4.51. The SMILES string of the molecule is O=C(Nc1ccccc1)NS(=O)(=O)O. The number of carbonyl (C=O) groups excluding carboxylic acids is 1. The maximum absolute atomic E-state index is 10.9. The van der Waals surface area contributed by atoms with Gasteiger partial charge in [0.15, 0.2) is 0 Å². The molecule has 76 valence electrons. The van der Waals surface area contributed by atoms with Crippen molar-refractivity contribution in [1.29, 1.82) is 0 Å². The van der Waals surface area contributed by atoms with Crippen LogP contribution in [0.25, 0.3) is 0 Å². The molecule has 1 aromatic rings. The van der Waals surface area contributed by atoms with Gasteiger partial charge in [0.2, 0.25) is 0 Å². The van der Waals surface area contributed by atoms with Gasteiger partial charge in [-0.2, -0.15) is 8.42 Å². The summed E-state index contributed by atoms with van der Waals surface area (Å²) in [5.41, 5.74) is 0.425. The first-order valence-electron chi connectivity index (χ1n) is 3.58. The topological polar surface area (TPSA) is 95.5 Å². The largest absolute Gasteiger partial charge is 0.361 e. The van der Waals surface area contributed by atoms with Crippen molar-refractivity contribution < 1.29 is 17.8 Å². The molecule has 0 saturated heterocycles. The normalized spacial score (nSPS) is 10.6. The van der Waals surface area contributed by atoms with E-state index in [1.54, 1.807) is 30.3 Å². The lowest BCUT2D eigenvalue weighted by molar-refractivity contribution is 0.255. The van der Waals surface area contributed by atoms with Crippen molar-refractivity contribution in [2.75, 3.05) is 5.32 Å². The number of para-hydroxylation sites is 1. The molecule has 0 aliphatic carbocycles. The zero-order chi connectivity index (χ0) is 10.6. The minimum absolute atomic E-state index is 0.425. The summed E-state index contributed by atoms with van der Waals surface area (Å²) in [6.45, 7) is 0. The molecule has 2 amide bonds. The van der Waals surface area contributed by atoms with Gasteiger partial charge in [0.25, 0.3) is 0 Å². The fourth-order valence-electron chi connectivity index (χ4n) is 0.795. The van der Waals surface area contributed by atoms with Crippen molar-refractivity contribution in [2.45, 2.75) is 0 Å². The number of anilines is 1. The maximum Gasteiger partial charge on any atom is 0.361 e. The molecular formula is C7H8N2O4S. The molecule has 7 heteroatoms. The fraction of sp³-hybridized carbons (Fsp3) is 0. The van der Waals surface area contributed by atoms with Crippen molar-refractivity contribution in [2.24, 2.45) is 0 Å². The smallest absolute Gasteiger partial charge is 0.307 e. The third-order valence-electron chi connectivity index (χ3n) is 1.25. The molecule has 0 bridgehead atoms. The summed E-state index contributed by atoms with van der Waals surface area (Å²) in [5.74, 6) is 0. The number of hydrogen-bond acceptors (Lipinski definition) is 3. The first kappa shape index (κ1) is 10.5. The predicted octanol–water partition coefficient (Wildman–Crippen LogP) is 0.611. The standard InChI is InChI=1S/C7H8N2O4S/c10-7(9-14(11,12)13)8-6-4-2-1-3-5-6/h1-5H,(H2,8,9,10)(H,11,12,13). The summed E-state index contributed by atoms with van der Waals surface area (Å²) in [6.07, 6.45) is 0. The predicted molar refractivity (Wildman–Crippen MR) is 50.1 cm³/mol. The van der Waals surface area contributed by atoms with Crippen molar-refractivity contribution >= 4 is 22.0 Å². The second kappa shape index (κ2) is 4.07. The Balaban J connectivity index is 2.59. The zero-order valence-electron chi connectivity index (χ0n) is 6.97. The minimum Gasteiger partial charge on any atom is -0.307 e. The minimum atomic E-state index is -4.51. The van der Waals surface area contributed by atoms with Crippen LogP contribution >= 0.6 is 0 Å². The van der Waals surface area contributed by atoms with Gasteiger partial charge < -0.3 is 5.32 Å². The number of carbonyl (C=O) groups is 1. The van der Waals surface area contributed by atoms with E-state index in [0.717, 1.165) is 0 Å². The molecule has 0 atom stereocenters. The number of benzene rings is 1. The van der Waals surface area contributed by atoms with Crippen LogP contribution in [0.4, 0.5) is 10.5 Å². The molecule has 0 spiro atoms. The van der Waals surface area contributed by atoms with Gasteiger partial charge >= 0.3 is 16.3 Å². The lowest BCUT2D eigenvalue weighted by Gasteiger charge is -2.03. The molecular weight excluding hydrogens is 208 g/mol. The first-order chi connectivity index (χ1) is 6.47. The van der Waals surface area contributed by atoms with Crippen molar-refractivity contribution in [3.63, 3.8) is 0 Å². The molecule has 3 N–H and O–H groups in total. The molecule has 0 fully saturated rings. The number of urea groups is 1. The van der Waals surface area contributed by atoms with Crippen LogP contribution in [-0.4, -0.2) is 19.0 Å². The molecule has 0 unspecified atom stereocenters. The maximum atomic E-state index is 10.9.